The molecular weight excluding hydrogens is 677 g/mol. The van der Waals surface area contributed by atoms with Gasteiger partial charge in [-0.25, -0.2) is 0 Å². The van der Waals surface area contributed by atoms with Crippen LogP contribution in [-0.4, -0.2) is 4.57 Å². The van der Waals surface area contributed by atoms with Crippen molar-refractivity contribution in [2.45, 2.75) is 0 Å². The van der Waals surface area contributed by atoms with Gasteiger partial charge < -0.3 is 9.47 Å². The molecule has 56 heavy (non-hydrogen) atoms. The smallest absolute Gasteiger partial charge is 0.0562 e. The summed E-state index contributed by atoms with van der Waals surface area (Å²) in [6, 6.07) is 83.0. The summed E-state index contributed by atoms with van der Waals surface area (Å²) in [5, 5.41) is 2.41. The number of nitrogens with zero attached hydrogens (tertiary/aromatic N) is 2. The van der Waals surface area contributed by atoms with Gasteiger partial charge in [0, 0.05) is 27.7 Å². The molecule has 0 N–H and O–H groups in total. The third-order valence-corrected chi connectivity index (χ3v) is 10.8. The molecule has 0 amide bonds. The second-order valence-electron chi connectivity index (χ2n) is 14.1. The molecule has 0 aliphatic carbocycles. The van der Waals surface area contributed by atoms with E-state index in [-0.39, 0.29) is 0 Å². The predicted octanol–water partition coefficient (Wildman–Crippen LogP) is 14.9. The molecule has 0 fully saturated rings. The minimum atomic E-state index is 1.09. The van der Waals surface area contributed by atoms with Gasteiger partial charge in [0.1, 0.15) is 0 Å². The van der Waals surface area contributed by atoms with E-state index in [1.807, 2.05) is 0 Å². The van der Waals surface area contributed by atoms with Crippen LogP contribution in [0.5, 0.6) is 0 Å². The van der Waals surface area contributed by atoms with Gasteiger partial charge in [-0.2, -0.15) is 0 Å². The lowest BCUT2D eigenvalue weighted by Gasteiger charge is -2.27. The van der Waals surface area contributed by atoms with Crippen LogP contribution in [0.15, 0.2) is 231 Å². The highest BCUT2D eigenvalue weighted by molar-refractivity contribution is 6.17. The summed E-state index contributed by atoms with van der Waals surface area (Å²) in [5.41, 5.74) is 16.4. The Morgan fingerprint density at radius 2 is 0.714 bits per heavy atom. The van der Waals surface area contributed by atoms with Gasteiger partial charge in [-0.3, -0.25) is 0 Å². The van der Waals surface area contributed by atoms with Crippen LogP contribution in [0, 0.1) is 0 Å². The Kier molecular flexibility index (Phi) is 8.55. The first-order chi connectivity index (χ1) is 27.8. The molecule has 264 valence electrons. The lowest BCUT2D eigenvalue weighted by molar-refractivity contribution is 1.18. The Balaban J connectivity index is 1.17. The van der Waals surface area contributed by atoms with Crippen molar-refractivity contribution in [3.05, 3.63) is 231 Å². The number of benzene rings is 9. The van der Waals surface area contributed by atoms with Crippen molar-refractivity contribution in [3.8, 4) is 50.2 Å². The van der Waals surface area contributed by atoms with Crippen molar-refractivity contribution in [3.63, 3.8) is 0 Å². The molecule has 1 heterocycles. The summed E-state index contributed by atoms with van der Waals surface area (Å²) in [5.74, 6) is 0. The summed E-state index contributed by atoms with van der Waals surface area (Å²) in [7, 11) is 0. The second kappa shape index (κ2) is 14.4. The first-order valence-corrected chi connectivity index (χ1v) is 19.2. The van der Waals surface area contributed by atoms with Gasteiger partial charge >= 0.3 is 0 Å². The van der Waals surface area contributed by atoms with Gasteiger partial charge in [-0.05, 0) is 87.5 Å². The number of fused-ring (bicyclic) bond motifs is 3. The van der Waals surface area contributed by atoms with Gasteiger partial charge in [0.15, 0.2) is 0 Å². The second-order valence-corrected chi connectivity index (χ2v) is 14.1. The topological polar surface area (TPSA) is 8.17 Å². The van der Waals surface area contributed by atoms with E-state index in [0.29, 0.717) is 0 Å². The zero-order valence-corrected chi connectivity index (χ0v) is 30.8. The number of para-hydroxylation sites is 2. The van der Waals surface area contributed by atoms with E-state index in [4.69, 9.17) is 0 Å². The largest absolute Gasteiger partial charge is 0.310 e. The van der Waals surface area contributed by atoms with Gasteiger partial charge in [0.25, 0.3) is 0 Å². The number of aromatic nitrogens is 1. The molecule has 2 heteroatoms. The molecule has 0 saturated heterocycles. The van der Waals surface area contributed by atoms with Gasteiger partial charge in [0.2, 0.25) is 0 Å². The minimum absolute atomic E-state index is 1.09. The molecule has 0 spiro atoms. The van der Waals surface area contributed by atoms with Crippen molar-refractivity contribution in [1.82, 2.24) is 4.57 Å². The van der Waals surface area contributed by atoms with Crippen LogP contribution in [0.3, 0.4) is 0 Å². The van der Waals surface area contributed by atoms with Gasteiger partial charge in [-0.15, -0.1) is 0 Å². The normalized spacial score (nSPS) is 11.2. The Morgan fingerprint density at radius 1 is 0.286 bits per heavy atom. The van der Waals surface area contributed by atoms with E-state index < -0.39 is 0 Å². The first kappa shape index (κ1) is 33.2. The molecule has 0 atom stereocenters. The minimum Gasteiger partial charge on any atom is -0.310 e. The summed E-state index contributed by atoms with van der Waals surface area (Å²) >= 11 is 0. The van der Waals surface area contributed by atoms with Crippen LogP contribution < -0.4 is 4.90 Å². The van der Waals surface area contributed by atoms with Crippen molar-refractivity contribution in [2.24, 2.45) is 0 Å². The van der Waals surface area contributed by atoms with Gasteiger partial charge in [-0.1, -0.05) is 182 Å². The number of anilines is 3. The zero-order chi connectivity index (χ0) is 37.3. The monoisotopic (exact) mass is 714 g/mol. The van der Waals surface area contributed by atoms with Crippen LogP contribution >= 0.6 is 0 Å². The molecule has 9 aromatic carbocycles. The highest BCUT2D eigenvalue weighted by Gasteiger charge is 2.22. The molecular formula is C54H38N2. The standard InChI is InChI=1S/C54H38N2/c1-4-17-39(18-5-1)40-31-35-44(36-32-40)55(45-37-33-43(34-38-45)47-24-11-10-23-46(47)41-19-6-2-7-20-41)52-29-16-30-53-54(52)49-26-13-15-28-51(49)56(53)50-27-14-12-25-48(50)42-21-8-3-9-22-42/h1-38H. The SMILES string of the molecule is c1ccc(-c2ccc(N(c3ccc(-c4ccccc4-c4ccccc4)cc3)c3cccc4c3c3ccccc3n4-c3ccccc3-c3ccccc3)cc2)cc1. The molecule has 0 aliphatic rings. The zero-order valence-electron chi connectivity index (χ0n) is 30.8. The Labute approximate surface area is 327 Å². The van der Waals surface area contributed by atoms with Crippen molar-refractivity contribution < 1.29 is 0 Å². The quantitative estimate of drug-likeness (QED) is 0.152. The van der Waals surface area contributed by atoms with Crippen molar-refractivity contribution >= 4 is 38.9 Å². The van der Waals surface area contributed by atoms with E-state index in [2.05, 4.69) is 240 Å². The molecule has 0 bridgehead atoms. The van der Waals surface area contributed by atoms with Crippen LogP contribution in [-0.2, 0) is 0 Å². The molecule has 0 radical (unpaired) electrons. The molecule has 0 saturated carbocycles. The van der Waals surface area contributed by atoms with Crippen LogP contribution in [0.2, 0.25) is 0 Å². The maximum Gasteiger partial charge on any atom is 0.0562 e. The fourth-order valence-corrected chi connectivity index (χ4v) is 8.23. The van der Waals surface area contributed by atoms with E-state index in [9.17, 15) is 0 Å². The Morgan fingerprint density at radius 3 is 1.34 bits per heavy atom. The average molecular weight is 715 g/mol. The van der Waals surface area contributed by atoms with Gasteiger partial charge in [0.05, 0.1) is 22.4 Å². The molecule has 1 aromatic heterocycles. The average Bonchev–Trinajstić information content (AvgIpc) is 3.63. The van der Waals surface area contributed by atoms with E-state index >= 15 is 0 Å². The number of hydrogen-bond donors (Lipinski definition) is 0. The van der Waals surface area contributed by atoms with Crippen molar-refractivity contribution in [1.29, 1.82) is 0 Å². The first-order valence-electron chi connectivity index (χ1n) is 19.2. The van der Waals surface area contributed by atoms with E-state index in [1.165, 1.54) is 60.8 Å². The molecule has 0 unspecified atom stereocenters. The summed E-state index contributed by atoms with van der Waals surface area (Å²) < 4.78 is 2.44. The fraction of sp³-hybridized carbons (Fsp3) is 0. The van der Waals surface area contributed by atoms with Crippen molar-refractivity contribution in [2.75, 3.05) is 4.90 Å². The molecule has 10 rings (SSSR count). The number of rotatable bonds is 8. The number of hydrogen-bond acceptors (Lipinski definition) is 1. The maximum atomic E-state index is 2.44. The van der Waals surface area contributed by atoms with Crippen LogP contribution in [0.25, 0.3) is 72.0 Å². The third-order valence-electron chi connectivity index (χ3n) is 10.8. The summed E-state index contributed by atoms with van der Waals surface area (Å²) in [6.07, 6.45) is 0. The van der Waals surface area contributed by atoms with E-state index in [1.54, 1.807) is 0 Å². The molecule has 10 aromatic rings. The Bertz CT molecular complexity index is 2930. The highest BCUT2D eigenvalue weighted by Crippen LogP contribution is 2.45. The highest BCUT2D eigenvalue weighted by atomic mass is 15.1. The van der Waals surface area contributed by atoms with Crippen LogP contribution in [0.4, 0.5) is 17.1 Å². The molecule has 0 aliphatic heterocycles. The maximum absolute atomic E-state index is 2.44. The lowest BCUT2D eigenvalue weighted by Crippen LogP contribution is -2.10. The van der Waals surface area contributed by atoms with E-state index in [0.717, 1.165) is 28.3 Å². The summed E-state index contributed by atoms with van der Waals surface area (Å²) in [6.45, 7) is 0. The predicted molar refractivity (Wildman–Crippen MR) is 237 cm³/mol. The summed E-state index contributed by atoms with van der Waals surface area (Å²) in [4.78, 5) is 2.42. The third kappa shape index (κ3) is 5.95. The molecule has 2 nitrogen and oxygen atoms in total. The fourth-order valence-electron chi connectivity index (χ4n) is 8.23. The Hall–Kier alpha value is -7.42. The lowest BCUT2D eigenvalue weighted by atomic mass is 9.94. The van der Waals surface area contributed by atoms with Crippen LogP contribution in [0.1, 0.15) is 0 Å².